The topological polar surface area (TPSA) is 92.7 Å². The minimum Gasteiger partial charge on any atom is -0.487 e. The van der Waals surface area contributed by atoms with Gasteiger partial charge in [0, 0.05) is 11.1 Å². The van der Waals surface area contributed by atoms with Gasteiger partial charge in [-0.3, -0.25) is 4.72 Å². The highest BCUT2D eigenvalue weighted by molar-refractivity contribution is 7.92. The van der Waals surface area contributed by atoms with Crippen LogP contribution in [0.5, 0.6) is 5.75 Å². The molecule has 0 fully saturated rings. The van der Waals surface area contributed by atoms with E-state index in [1.807, 2.05) is 0 Å². The molecule has 0 radical (unpaired) electrons. The molecule has 0 saturated heterocycles. The van der Waals surface area contributed by atoms with Crippen LogP contribution in [-0.4, -0.2) is 19.5 Å². The Hall–Kier alpha value is -3.29. The van der Waals surface area contributed by atoms with Gasteiger partial charge < -0.3 is 9.84 Å². The predicted octanol–water partition coefficient (Wildman–Crippen LogP) is 5.15. The van der Waals surface area contributed by atoms with Crippen LogP contribution >= 0.6 is 11.6 Å². The van der Waals surface area contributed by atoms with Gasteiger partial charge in [0.05, 0.1) is 16.1 Å². The van der Waals surface area contributed by atoms with Crippen LogP contribution in [0, 0.1) is 0 Å². The van der Waals surface area contributed by atoms with Crippen molar-refractivity contribution in [2.45, 2.75) is 17.9 Å². The van der Waals surface area contributed by atoms with E-state index in [9.17, 15) is 13.2 Å². The van der Waals surface area contributed by atoms with E-state index in [4.69, 9.17) is 21.4 Å². The number of aromatic carboxylic acids is 1. The number of carboxylic acid groups (broad SMARTS) is 1. The van der Waals surface area contributed by atoms with Crippen LogP contribution in [0.4, 0.5) is 5.69 Å². The van der Waals surface area contributed by atoms with Gasteiger partial charge in [0.1, 0.15) is 12.4 Å². The molecule has 31 heavy (non-hydrogen) atoms. The SMILES string of the molecule is C=CCc1ccccc1S(=O)(=O)Nc1ccc(Cl)cc1OCc1ccc(C(=O)O)cc1. The van der Waals surface area contributed by atoms with Crippen molar-refractivity contribution >= 4 is 33.3 Å². The van der Waals surface area contributed by atoms with Gasteiger partial charge >= 0.3 is 5.97 Å². The summed E-state index contributed by atoms with van der Waals surface area (Å²) >= 11 is 6.08. The summed E-state index contributed by atoms with van der Waals surface area (Å²) in [6.45, 7) is 3.77. The Kier molecular flexibility index (Phi) is 6.99. The van der Waals surface area contributed by atoms with Crippen molar-refractivity contribution < 1.29 is 23.1 Å². The number of anilines is 1. The van der Waals surface area contributed by atoms with E-state index in [1.54, 1.807) is 42.5 Å². The fraction of sp³-hybridized carbons (Fsp3) is 0.0870. The molecular formula is C23H20ClNO5S. The van der Waals surface area contributed by atoms with Gasteiger partial charge in [-0.25, -0.2) is 13.2 Å². The number of benzene rings is 3. The summed E-state index contributed by atoms with van der Waals surface area (Å²) in [4.78, 5) is 11.1. The molecule has 0 aliphatic rings. The lowest BCUT2D eigenvalue weighted by Gasteiger charge is -2.15. The van der Waals surface area contributed by atoms with Crippen LogP contribution in [0.3, 0.4) is 0 Å². The number of hydrogen-bond donors (Lipinski definition) is 2. The third kappa shape index (κ3) is 5.65. The van der Waals surface area contributed by atoms with Gasteiger partial charge in [-0.1, -0.05) is 48.0 Å². The highest BCUT2D eigenvalue weighted by Gasteiger charge is 2.20. The summed E-state index contributed by atoms with van der Waals surface area (Å²) in [7, 11) is -3.89. The van der Waals surface area contributed by atoms with Crippen LogP contribution in [0.2, 0.25) is 5.02 Å². The fourth-order valence-electron chi connectivity index (χ4n) is 2.89. The van der Waals surface area contributed by atoms with Crippen molar-refractivity contribution in [3.8, 4) is 5.75 Å². The Labute approximate surface area is 185 Å². The van der Waals surface area contributed by atoms with Gasteiger partial charge in [0.25, 0.3) is 10.0 Å². The van der Waals surface area contributed by atoms with E-state index in [-0.39, 0.29) is 28.5 Å². The molecule has 0 aliphatic carbocycles. The average Bonchev–Trinajstić information content (AvgIpc) is 2.74. The summed E-state index contributed by atoms with van der Waals surface area (Å²) in [6, 6.07) is 17.5. The molecule has 2 N–H and O–H groups in total. The fourth-order valence-corrected chi connectivity index (χ4v) is 4.38. The molecule has 0 heterocycles. The molecule has 3 aromatic rings. The number of nitrogens with one attached hydrogen (secondary N) is 1. The molecule has 0 unspecified atom stereocenters. The summed E-state index contributed by atoms with van der Waals surface area (Å²) in [5.74, 6) is -0.768. The minimum atomic E-state index is -3.89. The Morgan fingerprint density at radius 3 is 2.48 bits per heavy atom. The second-order valence-corrected chi connectivity index (χ2v) is 8.72. The molecule has 3 aromatic carbocycles. The molecule has 0 bridgehead atoms. The standard InChI is InChI=1S/C23H20ClNO5S/c1-2-5-17-6-3-4-7-22(17)31(28,29)25-20-13-12-19(24)14-21(20)30-15-16-8-10-18(11-9-16)23(26)27/h2-4,6-14,25H,1,5,15H2,(H,26,27). The molecule has 6 nitrogen and oxygen atoms in total. The lowest BCUT2D eigenvalue weighted by molar-refractivity contribution is 0.0697. The second-order valence-electron chi connectivity index (χ2n) is 6.64. The molecule has 8 heteroatoms. The first-order chi connectivity index (χ1) is 14.8. The van der Waals surface area contributed by atoms with Gasteiger partial charge in [0.15, 0.2) is 0 Å². The number of hydrogen-bond acceptors (Lipinski definition) is 4. The van der Waals surface area contributed by atoms with E-state index in [0.717, 1.165) is 5.56 Å². The third-order valence-electron chi connectivity index (χ3n) is 4.41. The molecule has 160 valence electrons. The smallest absolute Gasteiger partial charge is 0.335 e. The Bertz CT molecular complexity index is 1210. The van der Waals surface area contributed by atoms with Crippen LogP contribution in [-0.2, 0) is 23.1 Å². The van der Waals surface area contributed by atoms with Crippen LogP contribution in [0.15, 0.2) is 84.3 Å². The number of rotatable bonds is 9. The largest absolute Gasteiger partial charge is 0.487 e. The molecule has 0 amide bonds. The molecule has 0 saturated carbocycles. The first-order valence-corrected chi connectivity index (χ1v) is 11.1. The Balaban J connectivity index is 1.84. The number of sulfonamides is 1. The maximum atomic E-state index is 13.0. The maximum Gasteiger partial charge on any atom is 0.335 e. The Morgan fingerprint density at radius 1 is 1.10 bits per heavy atom. The minimum absolute atomic E-state index is 0.0992. The van der Waals surface area contributed by atoms with E-state index in [0.29, 0.717) is 17.0 Å². The monoisotopic (exact) mass is 457 g/mol. The zero-order chi connectivity index (χ0) is 22.4. The maximum absolute atomic E-state index is 13.0. The molecule has 0 aromatic heterocycles. The predicted molar refractivity (Wildman–Crippen MR) is 120 cm³/mol. The number of carbonyl (C=O) groups is 1. The van der Waals surface area contributed by atoms with Gasteiger partial charge in [0.2, 0.25) is 0 Å². The summed E-state index contributed by atoms with van der Waals surface area (Å²) in [5, 5.41) is 9.37. The van der Waals surface area contributed by atoms with Gasteiger partial charge in [-0.15, -0.1) is 6.58 Å². The first-order valence-electron chi connectivity index (χ1n) is 9.26. The van der Waals surface area contributed by atoms with Crippen molar-refractivity contribution in [1.82, 2.24) is 0 Å². The zero-order valence-electron chi connectivity index (χ0n) is 16.4. The van der Waals surface area contributed by atoms with Crippen molar-refractivity contribution in [1.29, 1.82) is 0 Å². The van der Waals surface area contributed by atoms with Crippen LogP contribution < -0.4 is 9.46 Å². The van der Waals surface area contributed by atoms with E-state index < -0.39 is 16.0 Å². The quantitative estimate of drug-likeness (QED) is 0.433. The first kappa shape index (κ1) is 22.4. The number of ether oxygens (including phenoxy) is 1. The Morgan fingerprint density at radius 2 is 1.81 bits per heavy atom. The summed E-state index contributed by atoms with van der Waals surface area (Å²) < 4.78 is 34.4. The second kappa shape index (κ2) is 9.68. The number of halogens is 1. The number of carboxylic acids is 1. The van der Waals surface area contributed by atoms with Crippen molar-refractivity contribution in [3.63, 3.8) is 0 Å². The summed E-state index contributed by atoms with van der Waals surface area (Å²) in [6.07, 6.45) is 2.05. The normalized spacial score (nSPS) is 11.0. The lowest BCUT2D eigenvalue weighted by Crippen LogP contribution is -2.15. The van der Waals surface area contributed by atoms with E-state index >= 15 is 0 Å². The van der Waals surface area contributed by atoms with Crippen molar-refractivity contribution in [2.75, 3.05) is 4.72 Å². The van der Waals surface area contributed by atoms with Gasteiger partial charge in [-0.2, -0.15) is 0 Å². The number of allylic oxidation sites excluding steroid dienone is 1. The van der Waals surface area contributed by atoms with Crippen molar-refractivity contribution in [2.24, 2.45) is 0 Å². The van der Waals surface area contributed by atoms with Crippen molar-refractivity contribution in [3.05, 3.63) is 101 Å². The molecule has 0 spiro atoms. The van der Waals surface area contributed by atoms with Crippen LogP contribution in [0.25, 0.3) is 0 Å². The zero-order valence-corrected chi connectivity index (χ0v) is 18.0. The molecular weight excluding hydrogens is 438 g/mol. The highest BCUT2D eigenvalue weighted by atomic mass is 35.5. The molecule has 0 atom stereocenters. The molecule has 0 aliphatic heterocycles. The van der Waals surface area contributed by atoms with Gasteiger partial charge in [-0.05, 0) is 47.9 Å². The van der Waals surface area contributed by atoms with E-state index in [1.165, 1.54) is 30.3 Å². The highest BCUT2D eigenvalue weighted by Crippen LogP contribution is 2.31. The average molecular weight is 458 g/mol. The van der Waals surface area contributed by atoms with E-state index in [2.05, 4.69) is 11.3 Å². The summed E-state index contributed by atoms with van der Waals surface area (Å²) in [5.41, 5.74) is 1.74. The van der Waals surface area contributed by atoms with Crippen LogP contribution in [0.1, 0.15) is 21.5 Å². The molecule has 3 rings (SSSR count). The lowest BCUT2D eigenvalue weighted by atomic mass is 10.1. The third-order valence-corrected chi connectivity index (χ3v) is 6.11.